The molecule has 0 atom stereocenters. The SMILES string of the molecule is Cc1ccc(C2(NC(=S)Nc3ccc(Br)c(C)c3)CCCC2)cc1. The lowest BCUT2D eigenvalue weighted by atomic mass is 9.88. The summed E-state index contributed by atoms with van der Waals surface area (Å²) in [6.07, 6.45) is 4.72. The van der Waals surface area contributed by atoms with Crippen LogP contribution in [-0.2, 0) is 5.54 Å². The van der Waals surface area contributed by atoms with Gasteiger partial charge in [-0.05, 0) is 68.2 Å². The number of halogens is 1. The van der Waals surface area contributed by atoms with Crippen LogP contribution in [0.5, 0.6) is 0 Å². The molecule has 0 aromatic heterocycles. The number of thiocarbonyl (C=S) groups is 1. The molecule has 1 saturated carbocycles. The molecule has 0 spiro atoms. The molecule has 2 aromatic carbocycles. The molecule has 1 aliphatic carbocycles. The summed E-state index contributed by atoms with van der Waals surface area (Å²) in [4.78, 5) is 0. The summed E-state index contributed by atoms with van der Waals surface area (Å²) < 4.78 is 1.11. The zero-order valence-corrected chi connectivity index (χ0v) is 16.6. The summed E-state index contributed by atoms with van der Waals surface area (Å²) >= 11 is 9.15. The van der Waals surface area contributed by atoms with Crippen molar-refractivity contribution in [2.24, 2.45) is 0 Å². The van der Waals surface area contributed by atoms with E-state index >= 15 is 0 Å². The smallest absolute Gasteiger partial charge is 0.171 e. The van der Waals surface area contributed by atoms with E-state index in [0.29, 0.717) is 5.11 Å². The largest absolute Gasteiger partial charge is 0.353 e. The van der Waals surface area contributed by atoms with Crippen LogP contribution < -0.4 is 10.6 Å². The topological polar surface area (TPSA) is 24.1 Å². The van der Waals surface area contributed by atoms with Gasteiger partial charge in [0.15, 0.2) is 5.11 Å². The highest BCUT2D eigenvalue weighted by Crippen LogP contribution is 2.39. The van der Waals surface area contributed by atoms with Crippen LogP contribution in [0, 0.1) is 13.8 Å². The molecule has 0 bridgehead atoms. The summed E-state index contributed by atoms with van der Waals surface area (Å²) in [5.74, 6) is 0. The van der Waals surface area contributed by atoms with Crippen LogP contribution in [0.15, 0.2) is 46.9 Å². The highest BCUT2D eigenvalue weighted by Gasteiger charge is 2.36. The summed E-state index contributed by atoms with van der Waals surface area (Å²) in [5.41, 5.74) is 4.80. The highest BCUT2D eigenvalue weighted by atomic mass is 79.9. The van der Waals surface area contributed by atoms with Gasteiger partial charge in [0.05, 0.1) is 5.54 Å². The Kier molecular flexibility index (Phi) is 5.26. The summed E-state index contributed by atoms with van der Waals surface area (Å²) in [7, 11) is 0. The number of rotatable bonds is 3. The van der Waals surface area contributed by atoms with Crippen molar-refractivity contribution < 1.29 is 0 Å². The van der Waals surface area contributed by atoms with Crippen LogP contribution in [0.2, 0.25) is 0 Å². The molecular formula is C20H23BrN2S. The molecule has 0 amide bonds. The molecule has 4 heteroatoms. The van der Waals surface area contributed by atoms with E-state index in [1.807, 2.05) is 12.1 Å². The van der Waals surface area contributed by atoms with Crippen molar-refractivity contribution in [3.8, 4) is 0 Å². The van der Waals surface area contributed by atoms with E-state index < -0.39 is 0 Å². The number of hydrogen-bond donors (Lipinski definition) is 2. The van der Waals surface area contributed by atoms with Crippen molar-refractivity contribution in [3.63, 3.8) is 0 Å². The summed E-state index contributed by atoms with van der Waals surface area (Å²) in [6.45, 7) is 4.21. The molecule has 0 aliphatic heterocycles. The normalized spacial score (nSPS) is 16.0. The zero-order valence-electron chi connectivity index (χ0n) is 14.2. The molecule has 126 valence electrons. The number of benzene rings is 2. The van der Waals surface area contributed by atoms with Crippen molar-refractivity contribution in [2.75, 3.05) is 5.32 Å². The Bertz CT molecular complexity index is 734. The van der Waals surface area contributed by atoms with Crippen LogP contribution in [0.1, 0.15) is 42.4 Å². The summed E-state index contributed by atoms with van der Waals surface area (Å²) in [6, 6.07) is 15.0. The van der Waals surface area contributed by atoms with Gasteiger partial charge in [-0.25, -0.2) is 0 Å². The maximum absolute atomic E-state index is 5.61. The average Bonchev–Trinajstić information content (AvgIpc) is 3.01. The molecule has 3 rings (SSSR count). The molecule has 1 fully saturated rings. The molecule has 2 aromatic rings. The fourth-order valence-corrected chi connectivity index (χ4v) is 4.00. The molecule has 0 saturated heterocycles. The van der Waals surface area contributed by atoms with Crippen LogP contribution in [0.3, 0.4) is 0 Å². The van der Waals surface area contributed by atoms with Gasteiger partial charge in [0.1, 0.15) is 0 Å². The Morgan fingerprint density at radius 1 is 1.04 bits per heavy atom. The Labute approximate surface area is 158 Å². The van der Waals surface area contributed by atoms with E-state index in [4.69, 9.17) is 12.2 Å². The lowest BCUT2D eigenvalue weighted by Crippen LogP contribution is -2.45. The van der Waals surface area contributed by atoms with Crippen molar-refractivity contribution in [3.05, 3.63) is 63.6 Å². The Morgan fingerprint density at radius 2 is 1.71 bits per heavy atom. The molecule has 0 radical (unpaired) electrons. The third-order valence-corrected chi connectivity index (χ3v) is 5.92. The van der Waals surface area contributed by atoms with Crippen LogP contribution in [0.4, 0.5) is 5.69 Å². The summed E-state index contributed by atoms with van der Waals surface area (Å²) in [5, 5.41) is 7.66. The van der Waals surface area contributed by atoms with E-state index in [1.54, 1.807) is 0 Å². The molecule has 1 aliphatic rings. The molecular weight excluding hydrogens is 380 g/mol. The van der Waals surface area contributed by atoms with Crippen LogP contribution >= 0.6 is 28.1 Å². The third-order valence-electron chi connectivity index (χ3n) is 4.83. The molecule has 0 heterocycles. The van der Waals surface area contributed by atoms with E-state index in [0.717, 1.165) is 23.0 Å². The molecule has 0 unspecified atom stereocenters. The van der Waals surface area contributed by atoms with Crippen molar-refractivity contribution in [2.45, 2.75) is 45.1 Å². The van der Waals surface area contributed by atoms with Crippen LogP contribution in [0.25, 0.3) is 0 Å². The molecule has 2 N–H and O–H groups in total. The fraction of sp³-hybridized carbons (Fsp3) is 0.350. The first kappa shape index (κ1) is 17.4. The van der Waals surface area contributed by atoms with Gasteiger partial charge in [-0.1, -0.05) is 58.6 Å². The minimum Gasteiger partial charge on any atom is -0.353 e. The second-order valence-electron chi connectivity index (χ2n) is 6.70. The Balaban J connectivity index is 1.76. The molecule has 24 heavy (non-hydrogen) atoms. The fourth-order valence-electron chi connectivity index (χ4n) is 3.44. The number of anilines is 1. The minimum atomic E-state index is -0.0395. The van der Waals surface area contributed by atoms with Gasteiger partial charge in [0.2, 0.25) is 0 Å². The lowest BCUT2D eigenvalue weighted by molar-refractivity contribution is 0.408. The second kappa shape index (κ2) is 7.24. The zero-order chi connectivity index (χ0) is 17.2. The lowest BCUT2D eigenvalue weighted by Gasteiger charge is -2.32. The van der Waals surface area contributed by atoms with Crippen LogP contribution in [-0.4, -0.2) is 5.11 Å². The van der Waals surface area contributed by atoms with Gasteiger partial charge < -0.3 is 10.6 Å². The monoisotopic (exact) mass is 402 g/mol. The van der Waals surface area contributed by atoms with E-state index in [1.165, 1.54) is 29.5 Å². The number of nitrogens with one attached hydrogen (secondary N) is 2. The van der Waals surface area contributed by atoms with Gasteiger partial charge in [-0.15, -0.1) is 0 Å². The van der Waals surface area contributed by atoms with Crippen molar-refractivity contribution in [1.29, 1.82) is 0 Å². The first-order valence-electron chi connectivity index (χ1n) is 8.41. The molecule has 2 nitrogen and oxygen atoms in total. The quantitative estimate of drug-likeness (QED) is 0.632. The highest BCUT2D eigenvalue weighted by molar-refractivity contribution is 9.10. The average molecular weight is 403 g/mol. The second-order valence-corrected chi connectivity index (χ2v) is 7.96. The van der Waals surface area contributed by atoms with Gasteiger partial charge in [-0.3, -0.25) is 0 Å². The number of aryl methyl sites for hydroxylation is 2. The van der Waals surface area contributed by atoms with E-state index in [9.17, 15) is 0 Å². The maximum atomic E-state index is 5.61. The van der Waals surface area contributed by atoms with Gasteiger partial charge >= 0.3 is 0 Å². The maximum Gasteiger partial charge on any atom is 0.171 e. The minimum absolute atomic E-state index is 0.0395. The third kappa shape index (κ3) is 3.81. The predicted molar refractivity (Wildman–Crippen MR) is 110 cm³/mol. The Hall–Kier alpha value is -1.39. The van der Waals surface area contributed by atoms with Crippen molar-refractivity contribution in [1.82, 2.24) is 5.32 Å². The first-order valence-corrected chi connectivity index (χ1v) is 9.61. The van der Waals surface area contributed by atoms with Gasteiger partial charge in [0, 0.05) is 10.2 Å². The van der Waals surface area contributed by atoms with E-state index in [2.05, 4.69) is 70.7 Å². The number of hydrogen-bond acceptors (Lipinski definition) is 1. The van der Waals surface area contributed by atoms with Gasteiger partial charge in [0.25, 0.3) is 0 Å². The standard InChI is InChI=1S/C20H23BrN2S/c1-14-5-7-16(8-6-14)20(11-3-4-12-20)23-19(24)22-17-9-10-18(21)15(2)13-17/h5-10,13H,3-4,11-12H2,1-2H3,(H2,22,23,24). The predicted octanol–water partition coefficient (Wildman–Crippen LogP) is 5.82. The van der Waals surface area contributed by atoms with E-state index in [-0.39, 0.29) is 5.54 Å². The Morgan fingerprint density at radius 3 is 2.33 bits per heavy atom. The first-order chi connectivity index (χ1) is 11.5. The van der Waals surface area contributed by atoms with Crippen molar-refractivity contribution >= 4 is 38.9 Å². The van der Waals surface area contributed by atoms with Gasteiger partial charge in [-0.2, -0.15) is 0 Å².